The summed E-state index contributed by atoms with van der Waals surface area (Å²) >= 11 is 0. The van der Waals surface area contributed by atoms with Crippen molar-refractivity contribution < 1.29 is 14.3 Å². The van der Waals surface area contributed by atoms with Crippen molar-refractivity contribution in [2.45, 2.75) is 0 Å². The van der Waals surface area contributed by atoms with E-state index in [0.29, 0.717) is 5.75 Å². The van der Waals surface area contributed by atoms with Gasteiger partial charge >= 0.3 is 5.97 Å². The lowest BCUT2D eigenvalue weighted by molar-refractivity contribution is -0.135. The fourth-order valence-electron chi connectivity index (χ4n) is 1.67. The fraction of sp³-hybridized carbons (Fsp3) is 0.0588. The van der Waals surface area contributed by atoms with E-state index in [4.69, 9.17) is 10.00 Å². The van der Waals surface area contributed by atoms with Gasteiger partial charge in [0.2, 0.25) is 0 Å². The molecule has 0 unspecified atom stereocenters. The summed E-state index contributed by atoms with van der Waals surface area (Å²) in [5, 5.41) is 8.89. The van der Waals surface area contributed by atoms with Crippen molar-refractivity contribution in [2.75, 3.05) is 7.11 Å². The summed E-state index contributed by atoms with van der Waals surface area (Å²) in [5.41, 5.74) is 0.673. The topological polar surface area (TPSA) is 59.3 Å². The molecule has 0 aliphatic carbocycles. The Hall–Kier alpha value is -3.06. The second-order valence-corrected chi connectivity index (χ2v) is 4.15. The molecular formula is C17H13NO3. The van der Waals surface area contributed by atoms with Crippen LogP contribution in [0.2, 0.25) is 0 Å². The maximum absolute atomic E-state index is 11.3. The summed E-state index contributed by atoms with van der Waals surface area (Å²) in [4.78, 5) is 11.3. The number of nitrogens with zero attached hydrogens (tertiary/aromatic N) is 1. The van der Waals surface area contributed by atoms with Gasteiger partial charge in [-0.25, -0.2) is 4.79 Å². The minimum absolute atomic E-state index is 0.0470. The van der Waals surface area contributed by atoms with Gasteiger partial charge in [-0.1, -0.05) is 30.3 Å². The average molecular weight is 279 g/mol. The summed E-state index contributed by atoms with van der Waals surface area (Å²) in [6, 6.07) is 18.3. The van der Waals surface area contributed by atoms with Crippen LogP contribution in [0, 0.1) is 11.3 Å². The van der Waals surface area contributed by atoms with Crippen LogP contribution in [0.5, 0.6) is 11.5 Å². The van der Waals surface area contributed by atoms with E-state index in [1.807, 2.05) is 36.4 Å². The summed E-state index contributed by atoms with van der Waals surface area (Å²) < 4.78 is 10.2. The molecule has 0 saturated carbocycles. The molecule has 4 heteroatoms. The zero-order valence-electron chi connectivity index (χ0n) is 11.4. The van der Waals surface area contributed by atoms with Crippen molar-refractivity contribution >= 4 is 12.0 Å². The van der Waals surface area contributed by atoms with E-state index in [-0.39, 0.29) is 5.57 Å². The summed E-state index contributed by atoms with van der Waals surface area (Å²) in [6.07, 6.45) is 1.47. The Morgan fingerprint density at radius 1 is 1.05 bits per heavy atom. The lowest BCUT2D eigenvalue weighted by atomic mass is 10.1. The van der Waals surface area contributed by atoms with Gasteiger partial charge < -0.3 is 9.47 Å². The molecule has 0 atom stereocenters. The first-order chi connectivity index (χ1) is 10.2. The van der Waals surface area contributed by atoms with Crippen molar-refractivity contribution in [3.8, 4) is 17.6 Å². The van der Waals surface area contributed by atoms with Crippen LogP contribution in [0.25, 0.3) is 6.08 Å². The van der Waals surface area contributed by atoms with Crippen molar-refractivity contribution in [1.82, 2.24) is 0 Å². The number of hydrogen-bond donors (Lipinski definition) is 0. The maximum Gasteiger partial charge on any atom is 0.348 e. The van der Waals surface area contributed by atoms with Crippen LogP contribution in [0.3, 0.4) is 0 Å². The van der Waals surface area contributed by atoms with Crippen LogP contribution in [0.4, 0.5) is 0 Å². The zero-order valence-corrected chi connectivity index (χ0v) is 11.4. The van der Waals surface area contributed by atoms with Crippen LogP contribution in [-0.2, 0) is 9.53 Å². The molecule has 0 bridgehead atoms. The lowest BCUT2D eigenvalue weighted by Gasteiger charge is -2.05. The number of ether oxygens (including phenoxy) is 2. The highest BCUT2D eigenvalue weighted by Crippen LogP contribution is 2.21. The molecule has 0 N–H and O–H groups in total. The minimum atomic E-state index is -0.651. The highest BCUT2D eigenvalue weighted by atomic mass is 16.5. The molecule has 2 aromatic carbocycles. The number of carbonyl (C=O) groups is 1. The van der Waals surface area contributed by atoms with Gasteiger partial charge in [0.1, 0.15) is 23.1 Å². The van der Waals surface area contributed by atoms with E-state index in [2.05, 4.69) is 4.74 Å². The highest BCUT2D eigenvalue weighted by Gasteiger charge is 2.08. The molecule has 0 spiro atoms. The molecule has 0 heterocycles. The van der Waals surface area contributed by atoms with Gasteiger partial charge in [0.25, 0.3) is 0 Å². The first kappa shape index (κ1) is 14.4. The Kier molecular flexibility index (Phi) is 4.73. The van der Waals surface area contributed by atoms with E-state index in [9.17, 15) is 4.79 Å². The van der Waals surface area contributed by atoms with Gasteiger partial charge in [-0.05, 0) is 35.9 Å². The molecule has 0 radical (unpaired) electrons. The van der Waals surface area contributed by atoms with E-state index in [1.54, 1.807) is 24.3 Å². The van der Waals surface area contributed by atoms with Gasteiger partial charge in [0.15, 0.2) is 0 Å². The normalized spacial score (nSPS) is 10.6. The third-order valence-corrected chi connectivity index (χ3v) is 2.70. The van der Waals surface area contributed by atoms with E-state index >= 15 is 0 Å². The molecule has 0 saturated heterocycles. The number of rotatable bonds is 4. The molecule has 2 rings (SSSR count). The Morgan fingerprint density at radius 2 is 1.67 bits per heavy atom. The summed E-state index contributed by atoms with van der Waals surface area (Å²) in [5.74, 6) is 0.769. The molecule has 2 aromatic rings. The van der Waals surface area contributed by atoms with Gasteiger partial charge in [-0.2, -0.15) is 5.26 Å². The van der Waals surface area contributed by atoms with Crippen LogP contribution < -0.4 is 4.74 Å². The minimum Gasteiger partial charge on any atom is -0.465 e. The van der Waals surface area contributed by atoms with Crippen LogP contribution >= 0.6 is 0 Å². The fourth-order valence-corrected chi connectivity index (χ4v) is 1.67. The van der Waals surface area contributed by atoms with E-state index in [0.717, 1.165) is 11.3 Å². The quantitative estimate of drug-likeness (QED) is 0.488. The monoisotopic (exact) mass is 279 g/mol. The number of benzene rings is 2. The van der Waals surface area contributed by atoms with Crippen LogP contribution in [0.15, 0.2) is 60.2 Å². The predicted molar refractivity (Wildman–Crippen MR) is 78.6 cm³/mol. The summed E-state index contributed by atoms with van der Waals surface area (Å²) in [6.45, 7) is 0. The Bertz CT molecular complexity index is 682. The molecule has 0 fully saturated rings. The molecule has 0 aliphatic rings. The highest BCUT2D eigenvalue weighted by molar-refractivity contribution is 5.97. The first-order valence-electron chi connectivity index (χ1n) is 6.26. The largest absolute Gasteiger partial charge is 0.465 e. The second-order valence-electron chi connectivity index (χ2n) is 4.15. The second kappa shape index (κ2) is 6.92. The molecule has 4 nitrogen and oxygen atoms in total. The SMILES string of the molecule is COC(=O)/C(C#N)=C\c1ccc(Oc2ccccc2)cc1. The van der Waals surface area contributed by atoms with Crippen molar-refractivity contribution in [3.63, 3.8) is 0 Å². The Labute approximate surface area is 122 Å². The third-order valence-electron chi connectivity index (χ3n) is 2.70. The number of carbonyl (C=O) groups excluding carboxylic acids is 1. The number of nitriles is 1. The Balaban J connectivity index is 2.14. The maximum atomic E-state index is 11.3. The van der Waals surface area contributed by atoms with Gasteiger partial charge in [0, 0.05) is 0 Å². The smallest absolute Gasteiger partial charge is 0.348 e. The molecule has 0 aliphatic heterocycles. The predicted octanol–water partition coefficient (Wildman–Crippen LogP) is 3.56. The first-order valence-corrected chi connectivity index (χ1v) is 6.26. The van der Waals surface area contributed by atoms with Crippen LogP contribution in [-0.4, -0.2) is 13.1 Å². The number of methoxy groups -OCH3 is 1. The third kappa shape index (κ3) is 3.95. The van der Waals surface area contributed by atoms with Gasteiger partial charge in [0.05, 0.1) is 7.11 Å². The number of hydrogen-bond acceptors (Lipinski definition) is 4. The summed E-state index contributed by atoms with van der Waals surface area (Å²) in [7, 11) is 1.24. The molecule has 104 valence electrons. The van der Waals surface area contributed by atoms with E-state index in [1.165, 1.54) is 13.2 Å². The van der Waals surface area contributed by atoms with Crippen molar-refractivity contribution in [3.05, 3.63) is 65.7 Å². The van der Waals surface area contributed by atoms with Crippen LogP contribution in [0.1, 0.15) is 5.56 Å². The number of para-hydroxylation sites is 1. The zero-order chi connectivity index (χ0) is 15.1. The lowest BCUT2D eigenvalue weighted by Crippen LogP contribution is -2.02. The van der Waals surface area contributed by atoms with Crippen molar-refractivity contribution in [2.24, 2.45) is 0 Å². The Morgan fingerprint density at radius 3 is 2.24 bits per heavy atom. The molecular weight excluding hydrogens is 266 g/mol. The average Bonchev–Trinajstić information content (AvgIpc) is 2.54. The van der Waals surface area contributed by atoms with Gasteiger partial charge in [-0.3, -0.25) is 0 Å². The standard InChI is InChI=1S/C17H13NO3/c1-20-17(19)14(12-18)11-13-7-9-16(10-8-13)21-15-5-3-2-4-6-15/h2-11H,1H3/b14-11-. The number of esters is 1. The molecule has 0 amide bonds. The van der Waals surface area contributed by atoms with Gasteiger partial charge in [-0.15, -0.1) is 0 Å². The molecule has 21 heavy (non-hydrogen) atoms. The van der Waals surface area contributed by atoms with Crippen molar-refractivity contribution in [1.29, 1.82) is 5.26 Å². The van der Waals surface area contributed by atoms with E-state index < -0.39 is 5.97 Å². The molecule has 0 aromatic heterocycles.